The highest BCUT2D eigenvalue weighted by molar-refractivity contribution is 5.94. The molecule has 2 aromatic rings. The Morgan fingerprint density at radius 3 is 2.59 bits per heavy atom. The number of rotatable bonds is 3. The van der Waals surface area contributed by atoms with Crippen LogP contribution in [0.3, 0.4) is 0 Å². The van der Waals surface area contributed by atoms with Crippen LogP contribution in [0.25, 0.3) is 5.95 Å². The summed E-state index contributed by atoms with van der Waals surface area (Å²) in [5.74, 6) is -1.20. The molecule has 0 atom stereocenters. The second-order valence-electron chi connectivity index (χ2n) is 7.18. The minimum atomic E-state index is -4.15. The zero-order chi connectivity index (χ0) is 19.0. The van der Waals surface area contributed by atoms with E-state index in [1.807, 2.05) is 0 Å². The topological polar surface area (TPSA) is 72.7 Å². The Bertz CT molecular complexity index is 826. The fourth-order valence-corrected chi connectivity index (χ4v) is 3.92. The van der Waals surface area contributed by atoms with E-state index in [-0.39, 0.29) is 24.8 Å². The average molecular weight is 379 g/mol. The fourth-order valence-electron chi connectivity index (χ4n) is 3.92. The predicted octanol–water partition coefficient (Wildman–Crippen LogP) is 3.00. The second kappa shape index (κ2) is 6.94. The molecule has 0 aliphatic heterocycles. The molecular formula is C18H20F3N5O. The number of imidazole rings is 1. The molecule has 6 nitrogen and oxygen atoms in total. The van der Waals surface area contributed by atoms with Gasteiger partial charge in [0.05, 0.1) is 5.92 Å². The Morgan fingerprint density at radius 2 is 1.93 bits per heavy atom. The minimum Gasteiger partial charge on any atom is -0.348 e. The smallest absolute Gasteiger partial charge is 0.348 e. The number of aryl methyl sites for hydroxylation is 1. The van der Waals surface area contributed by atoms with Crippen LogP contribution in [0.4, 0.5) is 13.2 Å². The molecule has 0 saturated heterocycles. The van der Waals surface area contributed by atoms with Crippen LogP contribution in [0.5, 0.6) is 0 Å². The van der Waals surface area contributed by atoms with E-state index in [4.69, 9.17) is 0 Å². The van der Waals surface area contributed by atoms with Crippen LogP contribution >= 0.6 is 0 Å². The van der Waals surface area contributed by atoms with E-state index in [1.165, 1.54) is 0 Å². The van der Waals surface area contributed by atoms with Crippen molar-refractivity contribution >= 4 is 5.91 Å². The van der Waals surface area contributed by atoms with Gasteiger partial charge in [0, 0.05) is 29.7 Å². The normalized spacial score (nSPS) is 22.5. The molecule has 1 amide bonds. The first-order valence-corrected chi connectivity index (χ1v) is 9.17. The number of amides is 1. The third-order valence-corrected chi connectivity index (χ3v) is 5.40. The minimum absolute atomic E-state index is 0.0522. The maximum absolute atomic E-state index is 12.8. The Balaban J connectivity index is 1.51. The monoisotopic (exact) mass is 379 g/mol. The van der Waals surface area contributed by atoms with Gasteiger partial charge in [-0.05, 0) is 44.9 Å². The lowest BCUT2D eigenvalue weighted by Gasteiger charge is -2.30. The molecule has 9 heteroatoms. The van der Waals surface area contributed by atoms with Crippen molar-refractivity contribution in [1.82, 2.24) is 24.8 Å². The summed E-state index contributed by atoms with van der Waals surface area (Å²) in [7, 11) is 0. The molecule has 2 heterocycles. The molecule has 144 valence electrons. The number of fused-ring (bicyclic) bond motifs is 1. The molecule has 0 radical (unpaired) electrons. The summed E-state index contributed by atoms with van der Waals surface area (Å²) < 4.78 is 40.1. The highest BCUT2D eigenvalue weighted by atomic mass is 19.4. The van der Waals surface area contributed by atoms with Crippen LogP contribution in [0.1, 0.15) is 53.8 Å². The van der Waals surface area contributed by atoms with Crippen molar-refractivity contribution in [2.45, 2.75) is 57.2 Å². The molecule has 2 aromatic heterocycles. The van der Waals surface area contributed by atoms with Crippen molar-refractivity contribution in [3.63, 3.8) is 0 Å². The third kappa shape index (κ3) is 3.68. The summed E-state index contributed by atoms with van der Waals surface area (Å²) >= 11 is 0. The molecule has 27 heavy (non-hydrogen) atoms. The maximum atomic E-state index is 12.8. The average Bonchev–Trinajstić information content (AvgIpc) is 3.32. The number of nitrogens with zero attached hydrogens (tertiary/aromatic N) is 4. The van der Waals surface area contributed by atoms with Gasteiger partial charge in [-0.3, -0.25) is 9.36 Å². The van der Waals surface area contributed by atoms with Gasteiger partial charge >= 0.3 is 6.18 Å². The molecule has 1 fully saturated rings. The van der Waals surface area contributed by atoms with E-state index in [9.17, 15) is 18.0 Å². The van der Waals surface area contributed by atoms with E-state index >= 15 is 0 Å². The molecular weight excluding hydrogens is 359 g/mol. The van der Waals surface area contributed by atoms with E-state index in [2.05, 4.69) is 20.3 Å². The third-order valence-electron chi connectivity index (χ3n) is 5.40. The Kier molecular flexibility index (Phi) is 4.61. The second-order valence-corrected chi connectivity index (χ2v) is 7.18. The van der Waals surface area contributed by atoms with Crippen molar-refractivity contribution in [3.05, 3.63) is 35.7 Å². The number of alkyl halides is 3. The van der Waals surface area contributed by atoms with Crippen molar-refractivity contribution in [2.75, 3.05) is 0 Å². The van der Waals surface area contributed by atoms with E-state index in [0.29, 0.717) is 24.5 Å². The SMILES string of the molecule is O=C(NC1CCC(C(F)(F)F)CC1)c1nc(-n2ccnc2)nc2c1CCC2. The molecule has 4 rings (SSSR count). The predicted molar refractivity (Wildman–Crippen MR) is 90.4 cm³/mol. The number of aromatic nitrogens is 4. The standard InChI is InChI=1S/C18H20F3N5O/c19-18(20,21)11-4-6-12(7-5-11)23-16(27)15-13-2-1-3-14(13)24-17(25-15)26-9-8-22-10-26/h8-12H,1-7H2,(H,23,27). The zero-order valence-corrected chi connectivity index (χ0v) is 14.7. The fraction of sp³-hybridized carbons (Fsp3) is 0.556. The van der Waals surface area contributed by atoms with Gasteiger partial charge in [0.1, 0.15) is 12.0 Å². The van der Waals surface area contributed by atoms with Gasteiger partial charge < -0.3 is 5.32 Å². The summed E-state index contributed by atoms with van der Waals surface area (Å²) in [6, 6.07) is -0.250. The summed E-state index contributed by atoms with van der Waals surface area (Å²) in [6.45, 7) is 0. The van der Waals surface area contributed by atoms with E-state index < -0.39 is 12.1 Å². The van der Waals surface area contributed by atoms with Crippen molar-refractivity contribution < 1.29 is 18.0 Å². The summed E-state index contributed by atoms with van der Waals surface area (Å²) in [4.78, 5) is 25.8. The number of nitrogens with one attached hydrogen (secondary N) is 1. The van der Waals surface area contributed by atoms with Gasteiger partial charge in [0.15, 0.2) is 0 Å². The molecule has 0 bridgehead atoms. The number of carbonyl (C=O) groups is 1. The molecule has 0 spiro atoms. The van der Waals surface area contributed by atoms with Crippen molar-refractivity contribution in [1.29, 1.82) is 0 Å². The lowest BCUT2D eigenvalue weighted by atomic mass is 9.85. The lowest BCUT2D eigenvalue weighted by molar-refractivity contribution is -0.182. The molecule has 0 unspecified atom stereocenters. The van der Waals surface area contributed by atoms with Crippen LogP contribution < -0.4 is 5.32 Å². The van der Waals surface area contributed by atoms with Gasteiger partial charge in [-0.15, -0.1) is 0 Å². The Labute approximate surface area is 154 Å². The zero-order valence-electron chi connectivity index (χ0n) is 14.7. The quantitative estimate of drug-likeness (QED) is 0.890. The molecule has 1 N–H and O–H groups in total. The van der Waals surface area contributed by atoms with Crippen molar-refractivity contribution in [2.24, 2.45) is 5.92 Å². The summed E-state index contributed by atoms with van der Waals surface area (Å²) in [5.41, 5.74) is 2.04. The van der Waals surface area contributed by atoms with E-state index in [0.717, 1.165) is 30.5 Å². The first kappa shape index (κ1) is 17.9. The van der Waals surface area contributed by atoms with Gasteiger partial charge in [-0.25, -0.2) is 15.0 Å². The van der Waals surface area contributed by atoms with Crippen molar-refractivity contribution in [3.8, 4) is 5.95 Å². The maximum Gasteiger partial charge on any atom is 0.391 e. The van der Waals surface area contributed by atoms with Crippen LogP contribution in [-0.2, 0) is 12.8 Å². The lowest BCUT2D eigenvalue weighted by Crippen LogP contribution is -2.40. The summed E-state index contributed by atoms with van der Waals surface area (Å²) in [5, 5.41) is 2.89. The number of hydrogen-bond acceptors (Lipinski definition) is 4. The van der Waals surface area contributed by atoms with Crippen LogP contribution in [0.15, 0.2) is 18.7 Å². The molecule has 0 aromatic carbocycles. The van der Waals surface area contributed by atoms with Gasteiger partial charge in [-0.1, -0.05) is 0 Å². The number of hydrogen-bond donors (Lipinski definition) is 1. The Morgan fingerprint density at radius 1 is 1.15 bits per heavy atom. The van der Waals surface area contributed by atoms with Gasteiger partial charge in [0.25, 0.3) is 5.91 Å². The van der Waals surface area contributed by atoms with Crippen LogP contribution in [0.2, 0.25) is 0 Å². The van der Waals surface area contributed by atoms with E-state index in [1.54, 1.807) is 23.3 Å². The highest BCUT2D eigenvalue weighted by Crippen LogP contribution is 2.37. The first-order chi connectivity index (χ1) is 12.9. The Hall–Kier alpha value is -2.45. The molecule has 1 saturated carbocycles. The largest absolute Gasteiger partial charge is 0.391 e. The van der Waals surface area contributed by atoms with Gasteiger partial charge in [0.2, 0.25) is 5.95 Å². The molecule has 2 aliphatic carbocycles. The molecule has 2 aliphatic rings. The van der Waals surface area contributed by atoms with Crippen LogP contribution in [0, 0.1) is 5.92 Å². The number of carbonyl (C=O) groups excluding carboxylic acids is 1. The first-order valence-electron chi connectivity index (χ1n) is 9.17. The van der Waals surface area contributed by atoms with Crippen LogP contribution in [-0.4, -0.2) is 37.6 Å². The van der Waals surface area contributed by atoms with Gasteiger partial charge in [-0.2, -0.15) is 13.2 Å². The summed E-state index contributed by atoms with van der Waals surface area (Å²) in [6.07, 6.45) is 3.93. The highest BCUT2D eigenvalue weighted by Gasteiger charge is 2.41. The number of halogens is 3.